The number of oxime groups is 1. The number of halogens is 2. The Bertz CT molecular complexity index is 937. The number of rotatable bonds is 3. The molecule has 0 aliphatic carbocycles. The molecule has 0 bridgehead atoms. The predicted molar refractivity (Wildman–Crippen MR) is 101 cm³/mol. The summed E-state index contributed by atoms with van der Waals surface area (Å²) >= 11 is 6.62. The van der Waals surface area contributed by atoms with Crippen LogP contribution in [0.25, 0.3) is 11.0 Å². The summed E-state index contributed by atoms with van der Waals surface area (Å²) in [4.78, 5) is 0. The minimum Gasteiger partial charge on any atom is -0.506 e. The number of aromatic hydroxyl groups is 1. The molecule has 0 saturated carbocycles. The number of phenolic OH excluding ortho intramolecular Hbond substituents is 1. The number of aryl methyl sites for hydroxylation is 2. The molecule has 0 fully saturated rings. The monoisotopic (exact) mass is 451 g/mol. The summed E-state index contributed by atoms with van der Waals surface area (Å²) in [5, 5.41) is 24.0. The molecule has 0 saturated heterocycles. The van der Waals surface area contributed by atoms with Crippen LogP contribution < -0.4 is 0 Å². The third-order valence-electron chi connectivity index (χ3n) is 3.87. The Kier molecular flexibility index (Phi) is 4.69. The van der Waals surface area contributed by atoms with Crippen molar-refractivity contribution in [1.29, 1.82) is 0 Å². The van der Waals surface area contributed by atoms with Crippen molar-refractivity contribution >= 4 is 48.5 Å². The lowest BCUT2D eigenvalue weighted by atomic mass is 9.98. The summed E-state index contributed by atoms with van der Waals surface area (Å²) < 4.78 is 6.97. The number of hydrogen-bond donors (Lipinski definition) is 2. The number of furan rings is 1. The molecule has 1 heterocycles. The van der Waals surface area contributed by atoms with E-state index in [4.69, 9.17) is 4.42 Å². The summed E-state index contributed by atoms with van der Waals surface area (Å²) in [5.74, 6) is 0.850. The van der Waals surface area contributed by atoms with E-state index in [1.807, 2.05) is 32.0 Å². The van der Waals surface area contributed by atoms with Gasteiger partial charge in [-0.1, -0.05) is 24.2 Å². The van der Waals surface area contributed by atoms with Crippen molar-refractivity contribution in [2.75, 3.05) is 0 Å². The van der Waals surface area contributed by atoms with Gasteiger partial charge in [-0.05, 0) is 62.5 Å². The first-order valence-corrected chi connectivity index (χ1v) is 8.97. The standard InChI is InChI=1S/C18H15Br2NO3/c1-3-14-16(11-5-4-9(2)6-15(11)24-14)17(21-23)10-7-12(19)18(22)13(20)8-10/h4-8,22-23H,3H2,1-2H3/b21-17+. The lowest BCUT2D eigenvalue weighted by Crippen LogP contribution is -2.06. The van der Waals surface area contributed by atoms with Crippen molar-refractivity contribution in [3.8, 4) is 5.75 Å². The average molecular weight is 453 g/mol. The molecule has 2 aromatic carbocycles. The van der Waals surface area contributed by atoms with Crippen LogP contribution in [-0.4, -0.2) is 16.0 Å². The minimum absolute atomic E-state index is 0.0967. The summed E-state index contributed by atoms with van der Waals surface area (Å²) in [6.07, 6.45) is 0.669. The molecule has 6 heteroatoms. The Labute approximate surface area is 156 Å². The van der Waals surface area contributed by atoms with Crippen LogP contribution in [0, 0.1) is 6.92 Å². The maximum absolute atomic E-state index is 9.90. The summed E-state index contributed by atoms with van der Waals surface area (Å²) in [6, 6.07) is 9.36. The van der Waals surface area contributed by atoms with Crippen LogP contribution in [0.15, 0.2) is 48.9 Å². The van der Waals surface area contributed by atoms with Gasteiger partial charge in [0.05, 0.1) is 14.5 Å². The average Bonchev–Trinajstić information content (AvgIpc) is 2.91. The van der Waals surface area contributed by atoms with E-state index >= 15 is 0 Å². The van der Waals surface area contributed by atoms with Gasteiger partial charge in [0.25, 0.3) is 0 Å². The number of benzene rings is 2. The van der Waals surface area contributed by atoms with Crippen LogP contribution in [0.2, 0.25) is 0 Å². The van der Waals surface area contributed by atoms with Gasteiger partial charge in [-0.25, -0.2) is 0 Å². The first-order valence-electron chi connectivity index (χ1n) is 7.39. The quantitative estimate of drug-likeness (QED) is 0.301. The van der Waals surface area contributed by atoms with E-state index in [-0.39, 0.29) is 5.75 Å². The summed E-state index contributed by atoms with van der Waals surface area (Å²) in [6.45, 7) is 3.99. The van der Waals surface area contributed by atoms with Gasteiger partial charge in [-0.3, -0.25) is 0 Å². The lowest BCUT2D eigenvalue weighted by Gasteiger charge is -2.08. The second-order valence-corrected chi connectivity index (χ2v) is 7.20. The molecule has 0 amide bonds. The van der Waals surface area contributed by atoms with Crippen molar-refractivity contribution in [3.05, 3.63) is 61.7 Å². The summed E-state index contributed by atoms with van der Waals surface area (Å²) in [5.41, 5.74) is 3.69. The van der Waals surface area contributed by atoms with Crippen LogP contribution >= 0.6 is 31.9 Å². The molecule has 0 unspecified atom stereocenters. The maximum atomic E-state index is 9.90. The van der Waals surface area contributed by atoms with E-state index < -0.39 is 0 Å². The molecule has 0 spiro atoms. The molecule has 0 aliphatic rings. The fourth-order valence-corrected chi connectivity index (χ4v) is 3.90. The lowest BCUT2D eigenvalue weighted by molar-refractivity contribution is 0.319. The minimum atomic E-state index is 0.0967. The van der Waals surface area contributed by atoms with Crippen LogP contribution in [-0.2, 0) is 6.42 Å². The van der Waals surface area contributed by atoms with Gasteiger partial charge in [0.1, 0.15) is 22.8 Å². The van der Waals surface area contributed by atoms with Crippen molar-refractivity contribution in [1.82, 2.24) is 0 Å². The smallest absolute Gasteiger partial charge is 0.143 e. The second kappa shape index (κ2) is 6.61. The van der Waals surface area contributed by atoms with Gasteiger partial charge >= 0.3 is 0 Å². The molecule has 3 rings (SSSR count). The molecule has 0 aliphatic heterocycles. The Balaban J connectivity index is 2.28. The van der Waals surface area contributed by atoms with Crippen LogP contribution in [0.3, 0.4) is 0 Å². The third-order valence-corrected chi connectivity index (χ3v) is 5.08. The molecular weight excluding hydrogens is 438 g/mol. The third kappa shape index (κ3) is 2.84. The van der Waals surface area contributed by atoms with E-state index in [1.54, 1.807) is 12.1 Å². The molecule has 3 aromatic rings. The molecule has 124 valence electrons. The van der Waals surface area contributed by atoms with E-state index in [9.17, 15) is 10.3 Å². The van der Waals surface area contributed by atoms with Crippen molar-refractivity contribution in [2.45, 2.75) is 20.3 Å². The molecule has 4 nitrogen and oxygen atoms in total. The maximum Gasteiger partial charge on any atom is 0.143 e. The van der Waals surface area contributed by atoms with Crippen LogP contribution in [0.4, 0.5) is 0 Å². The summed E-state index contributed by atoms with van der Waals surface area (Å²) in [7, 11) is 0. The topological polar surface area (TPSA) is 66.0 Å². The fraction of sp³-hybridized carbons (Fsp3) is 0.167. The zero-order valence-corrected chi connectivity index (χ0v) is 16.3. The van der Waals surface area contributed by atoms with E-state index in [1.165, 1.54) is 0 Å². The number of nitrogens with zero attached hydrogens (tertiary/aromatic N) is 1. The van der Waals surface area contributed by atoms with Crippen LogP contribution in [0.5, 0.6) is 5.75 Å². The normalized spacial score (nSPS) is 12.1. The first-order chi connectivity index (χ1) is 11.5. The zero-order chi connectivity index (χ0) is 17.4. The van der Waals surface area contributed by atoms with Gasteiger partial charge in [-0.15, -0.1) is 0 Å². The molecule has 1 aromatic heterocycles. The van der Waals surface area contributed by atoms with Gasteiger partial charge in [0.2, 0.25) is 0 Å². The Morgan fingerprint density at radius 1 is 1.17 bits per heavy atom. The SMILES string of the molecule is CCc1oc2cc(C)ccc2c1/C(=N/O)c1cc(Br)c(O)c(Br)c1. The highest BCUT2D eigenvalue weighted by Gasteiger charge is 2.21. The van der Waals surface area contributed by atoms with Crippen molar-refractivity contribution in [3.63, 3.8) is 0 Å². The predicted octanol–water partition coefficient (Wildman–Crippen LogP) is 5.76. The second-order valence-electron chi connectivity index (χ2n) is 5.49. The zero-order valence-electron chi connectivity index (χ0n) is 13.1. The number of phenols is 1. The van der Waals surface area contributed by atoms with Gasteiger partial charge in [0.15, 0.2) is 0 Å². The van der Waals surface area contributed by atoms with Gasteiger partial charge in [0, 0.05) is 17.4 Å². The Hall–Kier alpha value is -1.79. The van der Waals surface area contributed by atoms with Gasteiger partial charge in [-0.2, -0.15) is 0 Å². The first kappa shape index (κ1) is 17.0. The number of hydrogen-bond acceptors (Lipinski definition) is 4. The molecule has 24 heavy (non-hydrogen) atoms. The molecule has 2 N–H and O–H groups in total. The van der Waals surface area contributed by atoms with Crippen molar-refractivity contribution < 1.29 is 14.7 Å². The van der Waals surface area contributed by atoms with E-state index in [0.717, 1.165) is 27.9 Å². The highest BCUT2D eigenvalue weighted by molar-refractivity contribution is 9.11. The largest absolute Gasteiger partial charge is 0.506 e. The fourth-order valence-electron chi connectivity index (χ4n) is 2.72. The highest BCUT2D eigenvalue weighted by atomic mass is 79.9. The Morgan fingerprint density at radius 2 is 1.83 bits per heavy atom. The Morgan fingerprint density at radius 3 is 2.42 bits per heavy atom. The molecule has 0 radical (unpaired) electrons. The van der Waals surface area contributed by atoms with Crippen molar-refractivity contribution in [2.24, 2.45) is 5.16 Å². The molecule has 0 atom stereocenters. The highest BCUT2D eigenvalue weighted by Crippen LogP contribution is 2.36. The van der Waals surface area contributed by atoms with Crippen LogP contribution in [0.1, 0.15) is 29.4 Å². The number of fused-ring (bicyclic) bond motifs is 1. The molecular formula is C18H15Br2NO3. The van der Waals surface area contributed by atoms with Gasteiger partial charge < -0.3 is 14.7 Å². The van der Waals surface area contributed by atoms with E-state index in [0.29, 0.717) is 26.6 Å². The van der Waals surface area contributed by atoms with E-state index in [2.05, 4.69) is 37.0 Å².